The number of hydrogen-bond acceptors (Lipinski definition) is 0. The summed E-state index contributed by atoms with van der Waals surface area (Å²) < 4.78 is 5.31. The van der Waals surface area contributed by atoms with Crippen LogP contribution in [0.1, 0.15) is 54.2 Å². The van der Waals surface area contributed by atoms with Crippen LogP contribution in [-0.4, -0.2) is 15.8 Å². The summed E-state index contributed by atoms with van der Waals surface area (Å²) in [7, 11) is 0. The van der Waals surface area contributed by atoms with E-state index < -0.39 is 0 Å². The number of fused-ring (bicyclic) bond motifs is 17. The molecule has 2 aliphatic rings. The van der Waals surface area contributed by atoms with Gasteiger partial charge in [-0.2, -0.15) is 0 Å². The highest BCUT2D eigenvalue weighted by Gasteiger charge is 2.42. The Morgan fingerprint density at radius 1 is 0.426 bits per heavy atom. The topological polar surface area (TPSA) is 9.86 Å². The fourth-order valence-corrected chi connectivity index (χ4v) is 10.7. The zero-order chi connectivity index (χ0) is 36.7. The van der Waals surface area contributed by atoms with Gasteiger partial charge in [0, 0.05) is 43.7 Å². The van der Waals surface area contributed by atoms with Gasteiger partial charge in [-0.3, -0.25) is 0 Å². The Morgan fingerprint density at radius 3 is 1.57 bits per heavy atom. The summed E-state index contributed by atoms with van der Waals surface area (Å²) in [5.74, 6) is 0. The Kier molecular flexibility index (Phi) is 5.58. The molecule has 0 saturated heterocycles. The number of nitrogens with zero attached hydrogens (tertiary/aromatic N) is 2. The van der Waals surface area contributed by atoms with E-state index in [0.29, 0.717) is 0 Å². The van der Waals surface area contributed by atoms with Crippen LogP contribution in [0, 0.1) is 34.6 Å². The molecule has 0 saturated carbocycles. The summed E-state index contributed by atoms with van der Waals surface area (Å²) in [5.41, 5.74) is 20.1. The monoisotopic (exact) mass is 692 g/mol. The van der Waals surface area contributed by atoms with Gasteiger partial charge in [0.1, 0.15) is 0 Å². The summed E-state index contributed by atoms with van der Waals surface area (Å²) in [6.07, 6.45) is 0. The molecule has 10 aromatic rings. The lowest BCUT2D eigenvalue weighted by atomic mass is 9.34. The highest BCUT2D eigenvalue weighted by molar-refractivity contribution is 7.00. The summed E-state index contributed by atoms with van der Waals surface area (Å²) in [6, 6.07) is 41.1. The molecule has 0 radical (unpaired) electrons. The van der Waals surface area contributed by atoms with E-state index in [9.17, 15) is 0 Å². The molecular formula is C51H41BN2. The van der Waals surface area contributed by atoms with E-state index in [4.69, 9.17) is 0 Å². The van der Waals surface area contributed by atoms with Gasteiger partial charge in [0.2, 0.25) is 0 Å². The van der Waals surface area contributed by atoms with Crippen LogP contribution in [0.5, 0.6) is 0 Å². The smallest absolute Gasteiger partial charge is 0.252 e. The van der Waals surface area contributed by atoms with Crippen LogP contribution in [0.25, 0.3) is 87.3 Å². The van der Waals surface area contributed by atoms with Crippen LogP contribution < -0.4 is 16.4 Å². The largest absolute Gasteiger partial charge is 0.310 e. The molecule has 4 heterocycles. The fraction of sp³-hybridized carbons (Fsp3) is 0.176. The minimum atomic E-state index is 0.0413. The third-order valence-electron chi connectivity index (χ3n) is 13.0. The Labute approximate surface area is 315 Å². The van der Waals surface area contributed by atoms with Crippen molar-refractivity contribution in [2.45, 2.75) is 60.8 Å². The quantitative estimate of drug-likeness (QED) is 0.111. The lowest BCUT2D eigenvalue weighted by Gasteiger charge is -2.35. The first-order valence-electron chi connectivity index (χ1n) is 19.5. The molecule has 0 spiro atoms. The standard InChI is InChI=1S/C51H41BN2/c1-26-9-13-33-34(17-26)35-24-31(51(6,7)8)12-14-32(35)38-25-45-47-50(46(33)38)54-44-16-11-28(3)19-37(44)40-21-30(5)23-42(49(40)54)52(47)41-22-29(4)20-39-36-18-27(2)10-15-43(36)53(45)48(39)41/h9-25H,1-8H3. The number of hydrogen-bond donors (Lipinski definition) is 0. The molecule has 2 nitrogen and oxygen atoms in total. The molecule has 2 aromatic heterocycles. The third-order valence-corrected chi connectivity index (χ3v) is 13.0. The maximum atomic E-state index is 2.68. The fourth-order valence-electron chi connectivity index (χ4n) is 10.7. The highest BCUT2D eigenvalue weighted by Crippen LogP contribution is 2.46. The number of benzene rings is 8. The maximum Gasteiger partial charge on any atom is 0.252 e. The van der Waals surface area contributed by atoms with Gasteiger partial charge >= 0.3 is 0 Å². The molecule has 0 N–H and O–H groups in total. The predicted molar refractivity (Wildman–Crippen MR) is 235 cm³/mol. The summed E-state index contributed by atoms with van der Waals surface area (Å²) in [5, 5.41) is 13.4. The van der Waals surface area contributed by atoms with E-state index >= 15 is 0 Å². The maximum absolute atomic E-state index is 2.68. The molecule has 258 valence electrons. The van der Waals surface area contributed by atoms with Crippen LogP contribution in [0.2, 0.25) is 0 Å². The van der Waals surface area contributed by atoms with Gasteiger partial charge in [-0.05, 0) is 137 Å². The molecule has 8 aromatic carbocycles. The van der Waals surface area contributed by atoms with Crippen molar-refractivity contribution < 1.29 is 0 Å². The Morgan fingerprint density at radius 2 is 0.944 bits per heavy atom. The normalized spacial score (nSPS) is 13.5. The van der Waals surface area contributed by atoms with Crippen molar-refractivity contribution in [2.75, 3.05) is 0 Å². The van der Waals surface area contributed by atoms with E-state index in [1.807, 2.05) is 0 Å². The molecule has 12 rings (SSSR count). The Bertz CT molecular complexity index is 3420. The molecule has 0 atom stereocenters. The SMILES string of the molecule is Cc1ccc2c(c1)c1cc(C(C)(C)C)ccc1c1cc3c4c(c21)-n1c2ccc(C)cc2c2cc(C)cc(c21)B4c1cc(C)cc2c4cc(C)ccc4n-3c12. The second-order valence-electron chi connectivity index (χ2n) is 17.8. The first-order chi connectivity index (χ1) is 26.0. The molecule has 0 unspecified atom stereocenters. The first kappa shape index (κ1) is 30.6. The average Bonchev–Trinajstić information content (AvgIpc) is 3.62. The second-order valence-corrected chi connectivity index (χ2v) is 17.8. The van der Waals surface area contributed by atoms with Crippen LogP contribution in [0.3, 0.4) is 0 Å². The van der Waals surface area contributed by atoms with Gasteiger partial charge in [0.15, 0.2) is 0 Å². The van der Waals surface area contributed by atoms with E-state index in [1.165, 1.54) is 137 Å². The lowest BCUT2D eigenvalue weighted by molar-refractivity contribution is 0.591. The van der Waals surface area contributed by atoms with Crippen molar-refractivity contribution in [3.05, 3.63) is 137 Å². The van der Waals surface area contributed by atoms with Crippen LogP contribution in [0.4, 0.5) is 0 Å². The molecule has 0 amide bonds. The van der Waals surface area contributed by atoms with E-state index in [-0.39, 0.29) is 12.1 Å². The number of aryl methyl sites for hydroxylation is 5. The number of aromatic nitrogens is 2. The molecule has 2 aliphatic heterocycles. The molecular weight excluding hydrogens is 651 g/mol. The lowest BCUT2D eigenvalue weighted by Crippen LogP contribution is -2.59. The van der Waals surface area contributed by atoms with Crippen LogP contribution in [0.15, 0.2) is 103 Å². The van der Waals surface area contributed by atoms with Gasteiger partial charge in [-0.1, -0.05) is 103 Å². The zero-order valence-electron chi connectivity index (χ0n) is 32.3. The van der Waals surface area contributed by atoms with Crippen molar-refractivity contribution in [3.63, 3.8) is 0 Å². The third kappa shape index (κ3) is 3.68. The van der Waals surface area contributed by atoms with Gasteiger partial charge in [0.25, 0.3) is 6.71 Å². The van der Waals surface area contributed by atoms with Crippen molar-refractivity contribution in [1.82, 2.24) is 9.13 Å². The van der Waals surface area contributed by atoms with E-state index in [1.54, 1.807) is 0 Å². The predicted octanol–water partition coefficient (Wildman–Crippen LogP) is 11.3. The molecule has 3 heteroatoms. The minimum Gasteiger partial charge on any atom is -0.310 e. The van der Waals surface area contributed by atoms with Crippen molar-refractivity contribution >= 4 is 99.0 Å². The number of rotatable bonds is 0. The zero-order valence-corrected chi connectivity index (χ0v) is 32.3. The Balaban J connectivity index is 1.42. The van der Waals surface area contributed by atoms with Crippen molar-refractivity contribution in [1.29, 1.82) is 0 Å². The summed E-state index contributed by atoms with van der Waals surface area (Å²) >= 11 is 0. The van der Waals surface area contributed by atoms with Crippen LogP contribution >= 0.6 is 0 Å². The van der Waals surface area contributed by atoms with Gasteiger partial charge in [-0.25, -0.2) is 0 Å². The van der Waals surface area contributed by atoms with E-state index in [0.717, 1.165) is 0 Å². The second kappa shape index (κ2) is 9.84. The van der Waals surface area contributed by atoms with E-state index in [2.05, 4.69) is 168 Å². The summed E-state index contributed by atoms with van der Waals surface area (Å²) in [6.45, 7) is 18.4. The van der Waals surface area contributed by atoms with Crippen molar-refractivity contribution in [3.8, 4) is 11.4 Å². The summed E-state index contributed by atoms with van der Waals surface area (Å²) in [4.78, 5) is 0. The first-order valence-corrected chi connectivity index (χ1v) is 19.5. The Hall–Kier alpha value is -5.80. The molecule has 0 aliphatic carbocycles. The van der Waals surface area contributed by atoms with Gasteiger partial charge in [0.05, 0.1) is 16.7 Å². The molecule has 54 heavy (non-hydrogen) atoms. The molecule has 0 fully saturated rings. The minimum absolute atomic E-state index is 0.0413. The van der Waals surface area contributed by atoms with Gasteiger partial charge in [-0.15, -0.1) is 0 Å². The van der Waals surface area contributed by atoms with Gasteiger partial charge < -0.3 is 9.13 Å². The van der Waals surface area contributed by atoms with Crippen molar-refractivity contribution in [2.24, 2.45) is 0 Å². The average molecular weight is 693 g/mol. The van der Waals surface area contributed by atoms with Crippen LogP contribution in [-0.2, 0) is 5.41 Å². The highest BCUT2D eigenvalue weighted by atomic mass is 15.0. The molecule has 0 bridgehead atoms.